The molecule has 134 valence electrons. The van der Waals surface area contributed by atoms with E-state index in [2.05, 4.69) is 4.90 Å². The lowest BCUT2D eigenvalue weighted by Gasteiger charge is -2.36. The van der Waals surface area contributed by atoms with Gasteiger partial charge in [0.05, 0.1) is 19.0 Å². The predicted octanol–water partition coefficient (Wildman–Crippen LogP) is 0.787. The monoisotopic (exact) mass is 346 g/mol. The maximum atomic E-state index is 12.6. The third-order valence-corrected chi connectivity index (χ3v) is 7.17. The average Bonchev–Trinajstić information content (AvgIpc) is 3.08. The Labute approximate surface area is 140 Å². The number of nitrogens with zero attached hydrogens (tertiary/aromatic N) is 2. The van der Waals surface area contributed by atoms with Crippen LogP contribution in [0.15, 0.2) is 0 Å². The summed E-state index contributed by atoms with van der Waals surface area (Å²) < 4.78 is 37.7. The first-order valence-corrected chi connectivity index (χ1v) is 10.6. The largest absolute Gasteiger partial charge is 0.381 e. The summed E-state index contributed by atoms with van der Waals surface area (Å²) in [7, 11) is -3.11. The van der Waals surface area contributed by atoms with Crippen molar-refractivity contribution in [3.63, 3.8) is 0 Å². The molecule has 3 rings (SSSR count). The van der Waals surface area contributed by atoms with E-state index in [1.165, 1.54) is 0 Å². The molecule has 0 saturated carbocycles. The topological polar surface area (TPSA) is 59.1 Å². The summed E-state index contributed by atoms with van der Waals surface area (Å²) in [6.45, 7) is 7.48. The predicted molar refractivity (Wildman–Crippen MR) is 88.9 cm³/mol. The van der Waals surface area contributed by atoms with Crippen molar-refractivity contribution in [3.05, 3.63) is 0 Å². The van der Waals surface area contributed by atoms with E-state index in [0.717, 1.165) is 71.7 Å². The fourth-order valence-electron chi connectivity index (χ4n) is 3.83. The number of sulfonamides is 1. The lowest BCUT2D eigenvalue weighted by atomic mass is 9.99. The number of ether oxygens (including phenoxy) is 2. The molecule has 3 aliphatic heterocycles. The molecule has 0 radical (unpaired) electrons. The summed E-state index contributed by atoms with van der Waals surface area (Å²) in [6.07, 6.45) is 3.88. The van der Waals surface area contributed by atoms with Crippen molar-refractivity contribution in [1.29, 1.82) is 0 Å². The summed E-state index contributed by atoms with van der Waals surface area (Å²) in [4.78, 5) is 2.42. The molecule has 0 aliphatic carbocycles. The quantitative estimate of drug-likeness (QED) is 0.712. The Balaban J connectivity index is 1.47. The lowest BCUT2D eigenvalue weighted by Crippen LogP contribution is -2.46. The van der Waals surface area contributed by atoms with Crippen LogP contribution in [0.3, 0.4) is 0 Å². The van der Waals surface area contributed by atoms with Crippen LogP contribution in [0.1, 0.15) is 25.7 Å². The van der Waals surface area contributed by atoms with Crippen LogP contribution >= 0.6 is 0 Å². The molecule has 1 unspecified atom stereocenters. The van der Waals surface area contributed by atoms with Gasteiger partial charge in [0.25, 0.3) is 0 Å². The summed E-state index contributed by atoms with van der Waals surface area (Å²) in [6, 6.07) is 0. The third kappa shape index (κ3) is 5.13. The summed E-state index contributed by atoms with van der Waals surface area (Å²) in [5.74, 6) is 1.18. The zero-order valence-electron chi connectivity index (χ0n) is 14.0. The minimum absolute atomic E-state index is 0.283. The van der Waals surface area contributed by atoms with Gasteiger partial charge in [0.2, 0.25) is 10.0 Å². The molecule has 0 bridgehead atoms. The number of piperidine rings is 1. The number of hydrogen-bond acceptors (Lipinski definition) is 5. The Kier molecular flexibility index (Phi) is 6.31. The minimum Gasteiger partial charge on any atom is -0.381 e. The molecule has 7 heteroatoms. The first-order chi connectivity index (χ1) is 11.1. The second-order valence-corrected chi connectivity index (χ2v) is 9.20. The maximum Gasteiger partial charge on any atom is 0.214 e. The minimum atomic E-state index is -3.11. The van der Waals surface area contributed by atoms with Gasteiger partial charge in [-0.15, -0.1) is 0 Å². The molecule has 3 saturated heterocycles. The molecule has 0 amide bonds. The first-order valence-electron chi connectivity index (χ1n) is 8.99. The molecular formula is C16H30N2O4S. The van der Waals surface area contributed by atoms with Crippen molar-refractivity contribution in [2.75, 3.05) is 64.9 Å². The standard InChI is InChI=1S/C16H30N2O4S/c19-23(20,11-4-15-3-8-22-14-15)18-5-1-2-16(13-18)12-17-6-9-21-10-7-17/h15-16H,1-14H2/t15?,16-/m1/s1. The fourth-order valence-corrected chi connectivity index (χ4v) is 5.57. The van der Waals surface area contributed by atoms with Crippen LogP contribution in [0.25, 0.3) is 0 Å². The zero-order valence-corrected chi connectivity index (χ0v) is 14.8. The van der Waals surface area contributed by atoms with Gasteiger partial charge in [-0.25, -0.2) is 12.7 Å². The van der Waals surface area contributed by atoms with Crippen LogP contribution < -0.4 is 0 Å². The van der Waals surface area contributed by atoms with Crippen LogP contribution in [-0.2, 0) is 19.5 Å². The number of morpholine rings is 1. The van der Waals surface area contributed by atoms with E-state index in [9.17, 15) is 8.42 Å². The van der Waals surface area contributed by atoms with E-state index < -0.39 is 10.0 Å². The van der Waals surface area contributed by atoms with Gasteiger partial charge in [-0.1, -0.05) is 0 Å². The van der Waals surface area contributed by atoms with Crippen molar-refractivity contribution in [1.82, 2.24) is 9.21 Å². The molecule has 3 aliphatic rings. The fraction of sp³-hybridized carbons (Fsp3) is 1.00. The van der Waals surface area contributed by atoms with Crippen LogP contribution in [-0.4, -0.2) is 82.5 Å². The average molecular weight is 346 g/mol. The van der Waals surface area contributed by atoms with Gasteiger partial charge in [-0.2, -0.15) is 0 Å². The molecule has 3 heterocycles. The molecule has 3 fully saturated rings. The molecule has 0 N–H and O–H groups in total. The third-order valence-electron chi connectivity index (χ3n) is 5.30. The Hall–Kier alpha value is -0.210. The highest BCUT2D eigenvalue weighted by atomic mass is 32.2. The van der Waals surface area contributed by atoms with E-state index in [0.29, 0.717) is 24.9 Å². The van der Waals surface area contributed by atoms with E-state index in [4.69, 9.17) is 9.47 Å². The molecule has 0 aromatic rings. The van der Waals surface area contributed by atoms with E-state index >= 15 is 0 Å². The second-order valence-electron chi connectivity index (χ2n) is 7.11. The van der Waals surface area contributed by atoms with Gasteiger partial charge in [-0.05, 0) is 37.5 Å². The van der Waals surface area contributed by atoms with Crippen LogP contribution in [0.4, 0.5) is 0 Å². The molecular weight excluding hydrogens is 316 g/mol. The van der Waals surface area contributed by atoms with E-state index in [-0.39, 0.29) is 5.75 Å². The number of hydrogen-bond donors (Lipinski definition) is 0. The highest BCUT2D eigenvalue weighted by Gasteiger charge is 2.30. The molecule has 0 spiro atoms. The SMILES string of the molecule is O=S(=O)(CCC1CCOC1)N1CCC[C@H](CN2CCOCC2)C1. The molecule has 0 aromatic heterocycles. The lowest BCUT2D eigenvalue weighted by molar-refractivity contribution is 0.0265. The van der Waals surface area contributed by atoms with Gasteiger partial charge in [0.1, 0.15) is 0 Å². The highest BCUT2D eigenvalue weighted by Crippen LogP contribution is 2.23. The van der Waals surface area contributed by atoms with Gasteiger partial charge in [0, 0.05) is 45.9 Å². The summed E-state index contributed by atoms with van der Waals surface area (Å²) >= 11 is 0. The molecule has 23 heavy (non-hydrogen) atoms. The molecule has 2 atom stereocenters. The maximum absolute atomic E-state index is 12.6. The Morgan fingerprint density at radius 3 is 2.52 bits per heavy atom. The van der Waals surface area contributed by atoms with Gasteiger partial charge in [0.15, 0.2) is 0 Å². The van der Waals surface area contributed by atoms with E-state index in [1.807, 2.05) is 0 Å². The van der Waals surface area contributed by atoms with E-state index in [1.54, 1.807) is 4.31 Å². The van der Waals surface area contributed by atoms with Gasteiger partial charge >= 0.3 is 0 Å². The Morgan fingerprint density at radius 2 is 1.78 bits per heavy atom. The second kappa shape index (κ2) is 8.25. The molecule has 6 nitrogen and oxygen atoms in total. The van der Waals surface area contributed by atoms with Gasteiger partial charge in [-0.3, -0.25) is 4.90 Å². The van der Waals surface area contributed by atoms with Crippen molar-refractivity contribution in [2.24, 2.45) is 11.8 Å². The van der Waals surface area contributed by atoms with Crippen molar-refractivity contribution in [2.45, 2.75) is 25.7 Å². The Bertz CT molecular complexity index is 459. The highest BCUT2D eigenvalue weighted by molar-refractivity contribution is 7.89. The number of rotatable bonds is 6. The van der Waals surface area contributed by atoms with Crippen molar-refractivity contribution in [3.8, 4) is 0 Å². The zero-order chi connectivity index (χ0) is 16.1. The van der Waals surface area contributed by atoms with Crippen LogP contribution in [0.5, 0.6) is 0 Å². The first kappa shape index (κ1) is 17.6. The normalized spacial score (nSPS) is 31.5. The van der Waals surface area contributed by atoms with Gasteiger partial charge < -0.3 is 9.47 Å². The summed E-state index contributed by atoms with van der Waals surface area (Å²) in [5, 5.41) is 0. The van der Waals surface area contributed by atoms with Crippen LogP contribution in [0.2, 0.25) is 0 Å². The van der Waals surface area contributed by atoms with Crippen molar-refractivity contribution >= 4 is 10.0 Å². The van der Waals surface area contributed by atoms with Crippen molar-refractivity contribution < 1.29 is 17.9 Å². The summed E-state index contributed by atoms with van der Waals surface area (Å²) in [5.41, 5.74) is 0. The van der Waals surface area contributed by atoms with Crippen LogP contribution in [0, 0.1) is 11.8 Å². The smallest absolute Gasteiger partial charge is 0.214 e. The molecule has 0 aromatic carbocycles. The Morgan fingerprint density at radius 1 is 0.957 bits per heavy atom.